The van der Waals surface area contributed by atoms with Crippen molar-refractivity contribution in [2.45, 2.75) is 51.6 Å². The third kappa shape index (κ3) is 3.99. The number of aromatic nitrogens is 4. The fourth-order valence-corrected chi connectivity index (χ4v) is 3.57. The predicted molar refractivity (Wildman–Crippen MR) is 93.1 cm³/mol. The Bertz CT molecular complexity index is 695. The highest BCUT2D eigenvalue weighted by atomic mass is 32.1. The van der Waals surface area contributed by atoms with Crippen LogP contribution in [0.2, 0.25) is 0 Å². The summed E-state index contributed by atoms with van der Waals surface area (Å²) in [5.74, 6) is -0.206. The molecule has 24 heavy (non-hydrogen) atoms. The Morgan fingerprint density at radius 3 is 2.83 bits per heavy atom. The summed E-state index contributed by atoms with van der Waals surface area (Å²) in [5, 5.41) is 17.3. The standard InChI is InChI=1S/C16H24N6OS/c1-16(2,3)13-10-24-14(19-13)8-18-15(23)12-9-22(21-20-12)11-4-6-17-7-5-11/h9-11,17H,4-8H2,1-3H3,(H,18,23). The minimum atomic E-state index is -0.206. The highest BCUT2D eigenvalue weighted by Crippen LogP contribution is 2.23. The van der Waals surface area contributed by atoms with Gasteiger partial charge in [0.2, 0.25) is 0 Å². The molecule has 1 aliphatic heterocycles. The van der Waals surface area contributed by atoms with Gasteiger partial charge in [0.25, 0.3) is 5.91 Å². The highest BCUT2D eigenvalue weighted by Gasteiger charge is 2.20. The molecule has 0 bridgehead atoms. The van der Waals surface area contributed by atoms with Crippen LogP contribution in [0.25, 0.3) is 0 Å². The lowest BCUT2D eigenvalue weighted by atomic mass is 9.93. The second-order valence-corrected chi connectivity index (χ2v) is 8.07. The van der Waals surface area contributed by atoms with Crippen molar-refractivity contribution >= 4 is 17.2 Å². The van der Waals surface area contributed by atoms with E-state index in [0.717, 1.165) is 36.6 Å². The van der Waals surface area contributed by atoms with Gasteiger partial charge in [0.15, 0.2) is 5.69 Å². The smallest absolute Gasteiger partial charge is 0.273 e. The fraction of sp³-hybridized carbons (Fsp3) is 0.625. The van der Waals surface area contributed by atoms with Crippen molar-refractivity contribution < 1.29 is 4.79 Å². The third-order valence-electron chi connectivity index (χ3n) is 4.15. The number of piperidine rings is 1. The van der Waals surface area contributed by atoms with Gasteiger partial charge in [-0.25, -0.2) is 9.67 Å². The van der Waals surface area contributed by atoms with Crippen LogP contribution < -0.4 is 10.6 Å². The van der Waals surface area contributed by atoms with Crippen molar-refractivity contribution in [1.29, 1.82) is 0 Å². The van der Waals surface area contributed by atoms with Crippen molar-refractivity contribution in [1.82, 2.24) is 30.6 Å². The Morgan fingerprint density at radius 1 is 1.42 bits per heavy atom. The van der Waals surface area contributed by atoms with Crippen molar-refractivity contribution in [2.24, 2.45) is 0 Å². The van der Waals surface area contributed by atoms with E-state index in [-0.39, 0.29) is 11.3 Å². The Morgan fingerprint density at radius 2 is 2.17 bits per heavy atom. The summed E-state index contributed by atoms with van der Waals surface area (Å²) < 4.78 is 1.82. The minimum absolute atomic E-state index is 0.0241. The number of amides is 1. The first-order chi connectivity index (χ1) is 11.4. The van der Waals surface area contributed by atoms with Gasteiger partial charge in [-0.3, -0.25) is 4.79 Å². The van der Waals surface area contributed by atoms with Crippen LogP contribution in [0.5, 0.6) is 0 Å². The zero-order valence-corrected chi connectivity index (χ0v) is 15.2. The van der Waals surface area contributed by atoms with E-state index in [0.29, 0.717) is 18.3 Å². The quantitative estimate of drug-likeness (QED) is 0.881. The second kappa shape index (κ2) is 6.98. The minimum Gasteiger partial charge on any atom is -0.344 e. The van der Waals surface area contributed by atoms with E-state index in [1.165, 1.54) is 0 Å². The SMILES string of the molecule is CC(C)(C)c1csc(CNC(=O)c2cn(C3CCNCC3)nn2)n1. The maximum absolute atomic E-state index is 12.3. The Hall–Kier alpha value is -1.80. The normalized spacial score (nSPS) is 16.3. The molecule has 1 amide bonds. The molecule has 1 fully saturated rings. The summed E-state index contributed by atoms with van der Waals surface area (Å²) in [4.78, 5) is 16.8. The number of hydrogen-bond acceptors (Lipinski definition) is 6. The summed E-state index contributed by atoms with van der Waals surface area (Å²) in [5.41, 5.74) is 1.44. The van der Waals surface area contributed by atoms with Crippen LogP contribution in [0.1, 0.15) is 60.8 Å². The maximum atomic E-state index is 12.3. The molecule has 2 aromatic rings. The molecular formula is C16H24N6OS. The Labute approximate surface area is 145 Å². The van der Waals surface area contributed by atoms with Gasteiger partial charge < -0.3 is 10.6 Å². The van der Waals surface area contributed by atoms with Gasteiger partial charge in [0.05, 0.1) is 24.5 Å². The molecule has 1 saturated heterocycles. The van der Waals surface area contributed by atoms with E-state index in [9.17, 15) is 4.79 Å². The second-order valence-electron chi connectivity index (χ2n) is 7.12. The van der Waals surface area contributed by atoms with E-state index < -0.39 is 0 Å². The molecule has 1 aliphatic rings. The van der Waals surface area contributed by atoms with Crippen LogP contribution in [-0.4, -0.2) is 39.0 Å². The van der Waals surface area contributed by atoms with E-state index >= 15 is 0 Å². The predicted octanol–water partition coefficient (Wildman–Crippen LogP) is 1.89. The molecule has 0 unspecified atom stereocenters. The molecule has 0 spiro atoms. The van der Waals surface area contributed by atoms with Gasteiger partial charge in [0.1, 0.15) is 5.01 Å². The molecule has 2 aromatic heterocycles. The summed E-state index contributed by atoms with van der Waals surface area (Å²) in [6, 6.07) is 0.327. The zero-order chi connectivity index (χ0) is 17.2. The number of nitrogens with one attached hydrogen (secondary N) is 2. The van der Waals surface area contributed by atoms with E-state index in [1.807, 2.05) is 4.68 Å². The molecule has 8 heteroatoms. The summed E-state index contributed by atoms with van der Waals surface area (Å²) in [6.07, 6.45) is 3.77. The average molecular weight is 348 g/mol. The molecule has 2 N–H and O–H groups in total. The van der Waals surface area contributed by atoms with Gasteiger partial charge in [0, 0.05) is 10.8 Å². The number of carbonyl (C=O) groups excluding carboxylic acids is 1. The molecule has 7 nitrogen and oxygen atoms in total. The van der Waals surface area contributed by atoms with Crippen LogP contribution >= 0.6 is 11.3 Å². The molecular weight excluding hydrogens is 324 g/mol. The average Bonchev–Trinajstić information content (AvgIpc) is 3.22. The molecule has 0 saturated carbocycles. The van der Waals surface area contributed by atoms with E-state index in [4.69, 9.17) is 0 Å². The van der Waals surface area contributed by atoms with Crippen LogP contribution in [0.3, 0.4) is 0 Å². The number of nitrogens with zero attached hydrogens (tertiary/aromatic N) is 4. The maximum Gasteiger partial charge on any atom is 0.273 e. The van der Waals surface area contributed by atoms with Crippen LogP contribution in [0.4, 0.5) is 0 Å². The number of carbonyl (C=O) groups is 1. The zero-order valence-electron chi connectivity index (χ0n) is 14.4. The summed E-state index contributed by atoms with van der Waals surface area (Å²) in [6.45, 7) is 8.76. The lowest BCUT2D eigenvalue weighted by Crippen LogP contribution is -2.29. The number of thiazole rings is 1. The molecule has 3 rings (SSSR count). The van der Waals surface area contributed by atoms with Crippen molar-refractivity contribution in [2.75, 3.05) is 13.1 Å². The highest BCUT2D eigenvalue weighted by molar-refractivity contribution is 7.09. The lowest BCUT2D eigenvalue weighted by Gasteiger charge is -2.22. The Balaban J connectivity index is 1.57. The lowest BCUT2D eigenvalue weighted by molar-refractivity contribution is 0.0945. The molecule has 3 heterocycles. The van der Waals surface area contributed by atoms with E-state index in [2.05, 4.69) is 52.1 Å². The van der Waals surface area contributed by atoms with Crippen molar-refractivity contribution in [3.63, 3.8) is 0 Å². The first kappa shape index (κ1) is 17.0. The molecule has 0 atom stereocenters. The summed E-state index contributed by atoms with van der Waals surface area (Å²) >= 11 is 1.57. The largest absolute Gasteiger partial charge is 0.344 e. The molecule has 0 aromatic carbocycles. The molecule has 0 aliphatic carbocycles. The van der Waals surface area contributed by atoms with E-state index in [1.54, 1.807) is 17.5 Å². The first-order valence-corrected chi connectivity index (χ1v) is 9.17. The van der Waals surface area contributed by atoms with Crippen molar-refractivity contribution in [3.8, 4) is 0 Å². The monoisotopic (exact) mass is 348 g/mol. The van der Waals surface area contributed by atoms with Gasteiger partial charge in [-0.05, 0) is 25.9 Å². The van der Waals surface area contributed by atoms with Crippen LogP contribution in [0.15, 0.2) is 11.6 Å². The van der Waals surface area contributed by atoms with Gasteiger partial charge in [-0.15, -0.1) is 16.4 Å². The number of hydrogen-bond donors (Lipinski definition) is 2. The van der Waals surface area contributed by atoms with Crippen molar-refractivity contribution in [3.05, 3.63) is 28.0 Å². The summed E-state index contributed by atoms with van der Waals surface area (Å²) in [7, 11) is 0. The van der Waals surface area contributed by atoms with Crippen LogP contribution in [-0.2, 0) is 12.0 Å². The van der Waals surface area contributed by atoms with Crippen LogP contribution in [0, 0.1) is 0 Å². The van der Waals surface area contributed by atoms with Gasteiger partial charge >= 0.3 is 0 Å². The first-order valence-electron chi connectivity index (χ1n) is 8.29. The fourth-order valence-electron chi connectivity index (χ4n) is 2.61. The third-order valence-corrected chi connectivity index (χ3v) is 4.99. The topological polar surface area (TPSA) is 84.7 Å². The molecule has 130 valence electrons. The van der Waals surface area contributed by atoms with Gasteiger partial charge in [-0.2, -0.15) is 0 Å². The Kier molecular flexibility index (Phi) is 4.96. The molecule has 0 radical (unpaired) electrons. The number of rotatable bonds is 4. The van der Waals surface area contributed by atoms with Gasteiger partial charge in [-0.1, -0.05) is 26.0 Å².